The highest BCUT2D eigenvalue weighted by Gasteiger charge is 2.24. The summed E-state index contributed by atoms with van der Waals surface area (Å²) in [6.45, 7) is 3.30. The van der Waals surface area contributed by atoms with E-state index in [2.05, 4.69) is 17.0 Å². The minimum atomic E-state index is -0.117. The summed E-state index contributed by atoms with van der Waals surface area (Å²) in [5.74, 6) is 0. The van der Waals surface area contributed by atoms with Gasteiger partial charge in [-0.15, -0.1) is 0 Å². The van der Waals surface area contributed by atoms with Crippen LogP contribution in [0.3, 0.4) is 0 Å². The predicted molar refractivity (Wildman–Crippen MR) is 111 cm³/mol. The number of nitrogens with zero attached hydrogens (tertiary/aromatic N) is 5. The summed E-state index contributed by atoms with van der Waals surface area (Å²) in [5.41, 5.74) is 2.21. The van der Waals surface area contributed by atoms with Gasteiger partial charge in [0, 0.05) is 23.8 Å². The molecule has 1 unspecified atom stereocenters. The lowest BCUT2D eigenvalue weighted by Gasteiger charge is -2.25. The van der Waals surface area contributed by atoms with Crippen molar-refractivity contribution < 1.29 is 4.74 Å². The predicted octanol–water partition coefficient (Wildman–Crippen LogP) is 3.40. The number of hydrogen-bond donors (Lipinski definition) is 0. The quantitative estimate of drug-likeness (QED) is 0.374. The van der Waals surface area contributed by atoms with Crippen LogP contribution in [0, 0.1) is 0 Å². The van der Waals surface area contributed by atoms with Gasteiger partial charge in [-0.05, 0) is 30.7 Å². The Kier molecular flexibility index (Phi) is 4.65. The Labute approximate surface area is 171 Å². The third-order valence-electron chi connectivity index (χ3n) is 4.98. The molecule has 0 amide bonds. The zero-order chi connectivity index (χ0) is 19.8. The largest absolute Gasteiger partial charge is 0.377 e. The van der Waals surface area contributed by atoms with E-state index in [0.717, 1.165) is 11.3 Å². The van der Waals surface area contributed by atoms with E-state index >= 15 is 0 Å². The zero-order valence-corrected chi connectivity index (χ0v) is 16.6. The van der Waals surface area contributed by atoms with E-state index in [1.165, 1.54) is 11.8 Å². The summed E-state index contributed by atoms with van der Waals surface area (Å²) in [7, 11) is 0. The Hall–Kier alpha value is -2.97. The normalized spacial score (nSPS) is 15.3. The van der Waals surface area contributed by atoms with Gasteiger partial charge in [-0.25, -0.2) is 4.98 Å². The molecule has 4 aromatic rings. The van der Waals surface area contributed by atoms with Gasteiger partial charge in [0.2, 0.25) is 0 Å². The molecule has 1 aromatic carbocycles. The fourth-order valence-corrected chi connectivity index (χ4v) is 4.28. The number of rotatable bonds is 5. The van der Waals surface area contributed by atoms with Gasteiger partial charge in [0.15, 0.2) is 10.8 Å². The molecule has 0 radical (unpaired) electrons. The average Bonchev–Trinajstić information content (AvgIpc) is 3.12. The molecule has 0 aliphatic carbocycles. The Morgan fingerprint density at radius 2 is 2.00 bits per heavy atom. The molecule has 7 nitrogen and oxygen atoms in total. The van der Waals surface area contributed by atoms with Gasteiger partial charge in [0.05, 0.1) is 24.9 Å². The van der Waals surface area contributed by atoms with Crippen LogP contribution >= 0.6 is 11.8 Å². The highest BCUT2D eigenvalue weighted by Crippen LogP contribution is 2.34. The molecule has 29 heavy (non-hydrogen) atoms. The highest BCUT2D eigenvalue weighted by atomic mass is 32.2. The molecular weight excluding hydrogens is 386 g/mol. The van der Waals surface area contributed by atoms with E-state index in [-0.39, 0.29) is 16.9 Å². The molecule has 3 aromatic heterocycles. The minimum absolute atomic E-state index is 0.0742. The number of aromatic nitrogens is 5. The third-order valence-corrected chi connectivity index (χ3v) is 6.09. The summed E-state index contributed by atoms with van der Waals surface area (Å²) in [5, 5.41) is 5.76. The lowest BCUT2D eigenvalue weighted by molar-refractivity contribution is -0.0283. The molecule has 4 heterocycles. The van der Waals surface area contributed by atoms with E-state index in [1.54, 1.807) is 21.6 Å². The monoisotopic (exact) mass is 405 g/mol. The Morgan fingerprint density at radius 3 is 2.69 bits per heavy atom. The first-order valence-electron chi connectivity index (χ1n) is 9.42. The fraction of sp³-hybridized carbons (Fsp3) is 0.238. The van der Waals surface area contributed by atoms with Crippen molar-refractivity contribution in [2.75, 3.05) is 13.2 Å². The van der Waals surface area contributed by atoms with Crippen LogP contribution in [0.25, 0.3) is 16.7 Å². The lowest BCUT2D eigenvalue weighted by atomic mass is 10.2. The van der Waals surface area contributed by atoms with E-state index in [4.69, 9.17) is 9.72 Å². The molecule has 0 spiro atoms. The van der Waals surface area contributed by atoms with Crippen LogP contribution in [0.2, 0.25) is 0 Å². The number of ether oxygens (including phenoxy) is 1. The summed E-state index contributed by atoms with van der Waals surface area (Å²) < 4.78 is 8.73. The van der Waals surface area contributed by atoms with Gasteiger partial charge in [-0.2, -0.15) is 5.10 Å². The second-order valence-electron chi connectivity index (χ2n) is 6.95. The van der Waals surface area contributed by atoms with Crippen molar-refractivity contribution in [3.8, 4) is 5.69 Å². The van der Waals surface area contributed by atoms with E-state index in [9.17, 15) is 4.79 Å². The molecule has 0 bridgehead atoms. The van der Waals surface area contributed by atoms with Crippen LogP contribution in [-0.4, -0.2) is 37.5 Å². The maximum Gasteiger partial charge on any atom is 0.269 e. The van der Waals surface area contributed by atoms with Crippen LogP contribution < -0.4 is 5.56 Å². The van der Waals surface area contributed by atoms with Crippen LogP contribution in [0.5, 0.6) is 0 Å². The van der Waals surface area contributed by atoms with Gasteiger partial charge < -0.3 is 4.74 Å². The van der Waals surface area contributed by atoms with Gasteiger partial charge in [-0.3, -0.25) is 19.0 Å². The molecular formula is C21H19N5O2S. The van der Waals surface area contributed by atoms with Crippen LogP contribution in [0.4, 0.5) is 0 Å². The SMILES string of the molecule is CC(Sc1nc2nn(C3COC3)cc2c(=O)n1-c1ccccc1)c1cccnc1. The number of hydrogen-bond acceptors (Lipinski definition) is 6. The van der Waals surface area contributed by atoms with Gasteiger partial charge in [-0.1, -0.05) is 36.0 Å². The lowest BCUT2D eigenvalue weighted by Crippen LogP contribution is -2.30. The molecule has 0 N–H and O–H groups in total. The first-order valence-corrected chi connectivity index (χ1v) is 10.3. The molecule has 1 aliphatic heterocycles. The number of pyridine rings is 1. The van der Waals surface area contributed by atoms with Crippen molar-refractivity contribution in [1.29, 1.82) is 0 Å². The van der Waals surface area contributed by atoms with Crippen LogP contribution in [0.1, 0.15) is 23.8 Å². The van der Waals surface area contributed by atoms with Gasteiger partial charge in [0.25, 0.3) is 5.56 Å². The first kappa shape index (κ1) is 18.1. The second kappa shape index (κ2) is 7.46. The number of fused-ring (bicyclic) bond motifs is 1. The number of thioether (sulfide) groups is 1. The van der Waals surface area contributed by atoms with Crippen molar-refractivity contribution >= 4 is 22.8 Å². The summed E-state index contributed by atoms with van der Waals surface area (Å²) >= 11 is 1.52. The molecule has 8 heteroatoms. The summed E-state index contributed by atoms with van der Waals surface area (Å²) in [6.07, 6.45) is 5.38. The Bertz CT molecular complexity index is 1200. The topological polar surface area (TPSA) is 74.8 Å². The molecule has 146 valence electrons. The maximum absolute atomic E-state index is 13.4. The van der Waals surface area contributed by atoms with Gasteiger partial charge in [0.1, 0.15) is 5.39 Å². The fourth-order valence-electron chi connectivity index (χ4n) is 3.25. The standard InChI is InChI=1S/C21H19N5O2S/c1-14(15-6-5-9-22-10-15)29-21-23-19-18(11-25(24-19)17-12-28-13-17)20(27)26(21)16-7-3-2-4-8-16/h2-11,14,17H,12-13H2,1H3. The number of para-hydroxylation sites is 1. The van der Waals surface area contributed by atoms with Crippen LogP contribution in [-0.2, 0) is 4.74 Å². The van der Waals surface area contributed by atoms with Crippen LogP contribution in [0.15, 0.2) is 71.0 Å². The van der Waals surface area contributed by atoms with E-state index < -0.39 is 0 Å². The Balaban J connectivity index is 1.65. The van der Waals surface area contributed by atoms with Crippen molar-refractivity contribution in [2.45, 2.75) is 23.4 Å². The van der Waals surface area contributed by atoms with E-state index in [1.807, 2.05) is 48.7 Å². The molecule has 1 atom stereocenters. The average molecular weight is 405 g/mol. The summed E-state index contributed by atoms with van der Waals surface area (Å²) in [6, 6.07) is 13.7. The van der Waals surface area contributed by atoms with Crippen molar-refractivity contribution in [3.63, 3.8) is 0 Å². The third kappa shape index (κ3) is 3.34. The highest BCUT2D eigenvalue weighted by molar-refractivity contribution is 7.99. The number of benzene rings is 1. The molecule has 1 aliphatic rings. The summed E-state index contributed by atoms with van der Waals surface area (Å²) in [4.78, 5) is 22.4. The molecule has 1 fully saturated rings. The van der Waals surface area contributed by atoms with Gasteiger partial charge >= 0.3 is 0 Å². The first-order chi connectivity index (χ1) is 14.2. The minimum Gasteiger partial charge on any atom is -0.377 e. The smallest absolute Gasteiger partial charge is 0.269 e. The molecule has 0 saturated carbocycles. The van der Waals surface area contributed by atoms with Crippen molar-refractivity contribution in [1.82, 2.24) is 24.3 Å². The molecule has 5 rings (SSSR count). The van der Waals surface area contributed by atoms with Crippen molar-refractivity contribution in [3.05, 3.63) is 77.0 Å². The van der Waals surface area contributed by atoms with E-state index in [0.29, 0.717) is 29.4 Å². The Morgan fingerprint density at radius 1 is 1.17 bits per heavy atom. The maximum atomic E-state index is 13.4. The zero-order valence-electron chi connectivity index (χ0n) is 15.8. The molecule has 1 saturated heterocycles. The second-order valence-corrected chi connectivity index (χ2v) is 8.26. The van der Waals surface area contributed by atoms with Crippen molar-refractivity contribution in [2.24, 2.45) is 0 Å².